The lowest BCUT2D eigenvalue weighted by molar-refractivity contribution is 0.0601. The van der Waals surface area contributed by atoms with Crippen LogP contribution in [-0.2, 0) is 0 Å². The first kappa shape index (κ1) is 13.9. The molecule has 104 valence electrons. The van der Waals surface area contributed by atoms with Gasteiger partial charge >= 0.3 is 0 Å². The van der Waals surface area contributed by atoms with Gasteiger partial charge in [0.05, 0.1) is 5.56 Å². The van der Waals surface area contributed by atoms with E-state index < -0.39 is 0 Å². The SMILES string of the molecule is CCCC1CCCCN1C(=O)c1cccc(C)c1N. The van der Waals surface area contributed by atoms with Gasteiger partial charge in [0.2, 0.25) is 0 Å². The molecule has 0 spiro atoms. The Labute approximate surface area is 115 Å². The summed E-state index contributed by atoms with van der Waals surface area (Å²) in [6.07, 6.45) is 5.69. The fraction of sp³-hybridized carbons (Fsp3) is 0.562. The van der Waals surface area contributed by atoms with Gasteiger partial charge in [-0.15, -0.1) is 0 Å². The van der Waals surface area contributed by atoms with Crippen LogP contribution in [0.5, 0.6) is 0 Å². The number of anilines is 1. The Hall–Kier alpha value is -1.51. The van der Waals surface area contributed by atoms with E-state index in [-0.39, 0.29) is 5.91 Å². The summed E-state index contributed by atoms with van der Waals surface area (Å²) in [5.41, 5.74) is 8.35. The molecule has 3 nitrogen and oxygen atoms in total. The molecule has 0 aliphatic carbocycles. The van der Waals surface area contributed by atoms with Gasteiger partial charge in [-0.3, -0.25) is 4.79 Å². The van der Waals surface area contributed by atoms with E-state index in [1.807, 2.05) is 30.0 Å². The normalized spacial score (nSPS) is 19.5. The number of para-hydroxylation sites is 1. The molecule has 0 bridgehead atoms. The van der Waals surface area contributed by atoms with Crippen molar-refractivity contribution in [3.05, 3.63) is 29.3 Å². The van der Waals surface area contributed by atoms with Crippen LogP contribution in [0.25, 0.3) is 0 Å². The number of nitrogens with two attached hydrogens (primary N) is 1. The number of likely N-dealkylation sites (tertiary alicyclic amines) is 1. The molecule has 1 amide bonds. The first-order valence-electron chi connectivity index (χ1n) is 7.31. The number of nitrogen functional groups attached to an aromatic ring is 1. The summed E-state index contributed by atoms with van der Waals surface area (Å²) < 4.78 is 0. The van der Waals surface area contributed by atoms with Crippen LogP contribution in [0.15, 0.2) is 18.2 Å². The number of nitrogens with zero attached hydrogens (tertiary/aromatic N) is 1. The zero-order valence-corrected chi connectivity index (χ0v) is 12.0. The van der Waals surface area contributed by atoms with Gasteiger partial charge in [-0.2, -0.15) is 0 Å². The molecule has 2 rings (SSSR count). The van der Waals surface area contributed by atoms with E-state index in [1.165, 1.54) is 6.42 Å². The van der Waals surface area contributed by atoms with Crippen molar-refractivity contribution in [3.8, 4) is 0 Å². The molecule has 1 saturated heterocycles. The van der Waals surface area contributed by atoms with E-state index in [0.717, 1.165) is 37.8 Å². The first-order chi connectivity index (χ1) is 9.15. The van der Waals surface area contributed by atoms with Gasteiger partial charge in [0, 0.05) is 18.3 Å². The Kier molecular flexibility index (Phi) is 4.46. The van der Waals surface area contributed by atoms with E-state index in [1.54, 1.807) is 0 Å². The van der Waals surface area contributed by atoms with Crippen LogP contribution in [0.1, 0.15) is 54.9 Å². The predicted molar refractivity (Wildman–Crippen MR) is 79.2 cm³/mol. The summed E-state index contributed by atoms with van der Waals surface area (Å²) in [6.45, 7) is 5.00. The molecule has 19 heavy (non-hydrogen) atoms. The number of aryl methyl sites for hydroxylation is 1. The minimum Gasteiger partial charge on any atom is -0.398 e. The number of benzene rings is 1. The van der Waals surface area contributed by atoms with Crippen molar-refractivity contribution in [1.29, 1.82) is 0 Å². The maximum absolute atomic E-state index is 12.7. The number of carbonyl (C=O) groups excluding carboxylic acids is 1. The van der Waals surface area contributed by atoms with Crippen molar-refractivity contribution in [1.82, 2.24) is 4.90 Å². The van der Waals surface area contributed by atoms with Gasteiger partial charge in [0.1, 0.15) is 0 Å². The molecule has 1 aliphatic rings. The predicted octanol–water partition coefficient (Wildman–Crippen LogP) is 3.37. The highest BCUT2D eigenvalue weighted by Crippen LogP contribution is 2.25. The fourth-order valence-electron chi connectivity index (χ4n) is 2.92. The molecule has 1 aliphatic heterocycles. The maximum atomic E-state index is 12.7. The molecule has 0 saturated carbocycles. The molecule has 2 N–H and O–H groups in total. The molecule has 1 unspecified atom stereocenters. The molecule has 1 fully saturated rings. The van der Waals surface area contributed by atoms with Crippen molar-refractivity contribution < 1.29 is 4.79 Å². The number of hydrogen-bond donors (Lipinski definition) is 1. The van der Waals surface area contributed by atoms with Crippen LogP contribution in [0.4, 0.5) is 5.69 Å². The topological polar surface area (TPSA) is 46.3 Å². The second-order valence-electron chi connectivity index (χ2n) is 5.47. The molecule has 1 aromatic carbocycles. The summed E-state index contributed by atoms with van der Waals surface area (Å²) >= 11 is 0. The highest BCUT2D eigenvalue weighted by Gasteiger charge is 2.27. The Bertz CT molecular complexity index is 454. The van der Waals surface area contributed by atoms with Crippen molar-refractivity contribution in [2.75, 3.05) is 12.3 Å². The Morgan fingerprint density at radius 2 is 2.21 bits per heavy atom. The van der Waals surface area contributed by atoms with Crippen molar-refractivity contribution in [3.63, 3.8) is 0 Å². The van der Waals surface area contributed by atoms with Crippen LogP contribution in [0.3, 0.4) is 0 Å². The molecule has 0 radical (unpaired) electrons. The van der Waals surface area contributed by atoms with E-state index in [9.17, 15) is 4.79 Å². The quantitative estimate of drug-likeness (QED) is 0.847. The third-order valence-corrected chi connectivity index (χ3v) is 4.06. The smallest absolute Gasteiger partial charge is 0.256 e. The van der Waals surface area contributed by atoms with E-state index in [0.29, 0.717) is 17.3 Å². The molecule has 0 aromatic heterocycles. The molecule has 1 atom stereocenters. The van der Waals surface area contributed by atoms with Crippen LogP contribution < -0.4 is 5.73 Å². The van der Waals surface area contributed by atoms with Crippen molar-refractivity contribution in [2.45, 2.75) is 52.0 Å². The number of rotatable bonds is 3. The van der Waals surface area contributed by atoms with Gasteiger partial charge in [-0.1, -0.05) is 25.5 Å². The molecular weight excluding hydrogens is 236 g/mol. The summed E-state index contributed by atoms with van der Waals surface area (Å²) in [4.78, 5) is 14.7. The third-order valence-electron chi connectivity index (χ3n) is 4.06. The zero-order chi connectivity index (χ0) is 13.8. The Morgan fingerprint density at radius 3 is 2.95 bits per heavy atom. The average Bonchev–Trinajstić information content (AvgIpc) is 2.42. The van der Waals surface area contributed by atoms with Crippen LogP contribution >= 0.6 is 0 Å². The average molecular weight is 260 g/mol. The highest BCUT2D eigenvalue weighted by molar-refractivity contribution is 6.00. The number of piperidine rings is 1. The lowest BCUT2D eigenvalue weighted by atomic mass is 9.96. The summed E-state index contributed by atoms with van der Waals surface area (Å²) in [5.74, 6) is 0.111. The highest BCUT2D eigenvalue weighted by atomic mass is 16.2. The molecule has 1 heterocycles. The maximum Gasteiger partial charge on any atom is 0.256 e. The molecule has 1 aromatic rings. The number of hydrogen-bond acceptors (Lipinski definition) is 2. The van der Waals surface area contributed by atoms with Gasteiger partial charge < -0.3 is 10.6 Å². The number of carbonyl (C=O) groups is 1. The van der Waals surface area contributed by atoms with Crippen LogP contribution in [-0.4, -0.2) is 23.4 Å². The molecule has 3 heteroatoms. The molecular formula is C16H24N2O. The minimum absolute atomic E-state index is 0.111. The largest absolute Gasteiger partial charge is 0.398 e. The lowest BCUT2D eigenvalue weighted by Gasteiger charge is -2.36. The second kappa shape index (κ2) is 6.09. The van der Waals surface area contributed by atoms with E-state index >= 15 is 0 Å². The van der Waals surface area contributed by atoms with Gasteiger partial charge in [-0.25, -0.2) is 0 Å². The fourth-order valence-corrected chi connectivity index (χ4v) is 2.92. The third kappa shape index (κ3) is 2.91. The summed E-state index contributed by atoms with van der Waals surface area (Å²) in [7, 11) is 0. The van der Waals surface area contributed by atoms with Crippen molar-refractivity contribution >= 4 is 11.6 Å². The van der Waals surface area contributed by atoms with E-state index in [4.69, 9.17) is 5.73 Å². The first-order valence-corrected chi connectivity index (χ1v) is 7.31. The standard InChI is InChI=1S/C16H24N2O/c1-3-7-13-9-4-5-11-18(13)16(19)14-10-6-8-12(2)15(14)17/h6,8,10,13H,3-5,7,9,11,17H2,1-2H3. The second-order valence-corrected chi connectivity index (χ2v) is 5.47. The number of amides is 1. The van der Waals surface area contributed by atoms with Gasteiger partial charge in [-0.05, 0) is 44.2 Å². The van der Waals surface area contributed by atoms with Gasteiger partial charge in [0.15, 0.2) is 0 Å². The van der Waals surface area contributed by atoms with Crippen LogP contribution in [0.2, 0.25) is 0 Å². The zero-order valence-electron chi connectivity index (χ0n) is 12.0. The Balaban J connectivity index is 2.23. The summed E-state index contributed by atoms with van der Waals surface area (Å²) in [5, 5.41) is 0. The van der Waals surface area contributed by atoms with E-state index in [2.05, 4.69) is 6.92 Å². The minimum atomic E-state index is 0.111. The monoisotopic (exact) mass is 260 g/mol. The lowest BCUT2D eigenvalue weighted by Crippen LogP contribution is -2.43. The van der Waals surface area contributed by atoms with Gasteiger partial charge in [0.25, 0.3) is 5.91 Å². The summed E-state index contributed by atoms with van der Waals surface area (Å²) in [6, 6.07) is 6.11. The van der Waals surface area contributed by atoms with Crippen LogP contribution in [0, 0.1) is 6.92 Å². The Morgan fingerprint density at radius 1 is 1.42 bits per heavy atom. The van der Waals surface area contributed by atoms with Crippen molar-refractivity contribution in [2.24, 2.45) is 0 Å².